The van der Waals surface area contributed by atoms with E-state index in [4.69, 9.17) is 0 Å². The minimum Gasteiger partial charge on any atom is -0.352 e. The second kappa shape index (κ2) is 5.46. The van der Waals surface area contributed by atoms with Crippen LogP contribution in [-0.4, -0.2) is 12.0 Å². The van der Waals surface area contributed by atoms with Gasteiger partial charge in [0.2, 0.25) is 0 Å². The van der Waals surface area contributed by atoms with Crippen molar-refractivity contribution >= 4 is 49.0 Å². The summed E-state index contributed by atoms with van der Waals surface area (Å²) in [5, 5.41) is 2.01. The van der Waals surface area contributed by atoms with Crippen molar-refractivity contribution in [3.63, 3.8) is 0 Å². The lowest BCUT2D eigenvalue weighted by molar-refractivity contribution is 0.614. The van der Waals surface area contributed by atoms with E-state index in [2.05, 4.69) is 36.8 Å². The summed E-state index contributed by atoms with van der Waals surface area (Å²) in [6.45, 7) is 0.641. The molecule has 2 nitrogen and oxygen atoms in total. The van der Waals surface area contributed by atoms with Crippen molar-refractivity contribution in [2.45, 2.75) is 6.54 Å². The molecule has 2 rings (SSSR count). The highest BCUT2D eigenvalue weighted by Crippen LogP contribution is 2.24. The first kappa shape index (κ1) is 13.0. The zero-order valence-corrected chi connectivity index (χ0v) is 12.9. The lowest BCUT2D eigenvalue weighted by Crippen LogP contribution is -2.18. The average Bonchev–Trinajstić information content (AvgIpc) is 2.63. The van der Waals surface area contributed by atoms with Gasteiger partial charge in [-0.05, 0) is 44.0 Å². The second-order valence-electron chi connectivity index (χ2n) is 3.55. The molecule has 0 saturated heterocycles. The van der Waals surface area contributed by atoms with Gasteiger partial charge in [0.1, 0.15) is 0 Å². The number of anilines is 1. The summed E-state index contributed by atoms with van der Waals surface area (Å²) in [7, 11) is 1.83. The van der Waals surface area contributed by atoms with Crippen LogP contribution < -0.4 is 4.90 Å². The summed E-state index contributed by atoms with van der Waals surface area (Å²) < 4.78 is 15.4. The van der Waals surface area contributed by atoms with Gasteiger partial charge in [0.25, 0.3) is 0 Å². The van der Waals surface area contributed by atoms with Crippen molar-refractivity contribution in [1.82, 2.24) is 4.98 Å². The third kappa shape index (κ3) is 3.26. The van der Waals surface area contributed by atoms with Crippen LogP contribution in [0.4, 0.5) is 10.2 Å². The summed E-state index contributed by atoms with van der Waals surface area (Å²) in [6, 6.07) is 3.45. The van der Waals surface area contributed by atoms with Crippen LogP contribution in [0.25, 0.3) is 0 Å². The molecule has 0 atom stereocenters. The van der Waals surface area contributed by atoms with Gasteiger partial charge in [-0.2, -0.15) is 0 Å². The van der Waals surface area contributed by atoms with E-state index in [0.29, 0.717) is 16.8 Å². The highest BCUT2D eigenvalue weighted by atomic mass is 79.9. The summed E-state index contributed by atoms with van der Waals surface area (Å²) in [6.07, 6.45) is 1.60. The van der Waals surface area contributed by atoms with E-state index in [-0.39, 0.29) is 5.82 Å². The van der Waals surface area contributed by atoms with E-state index < -0.39 is 0 Å². The Morgan fingerprint density at radius 1 is 1.35 bits per heavy atom. The minimum atomic E-state index is -0.322. The van der Waals surface area contributed by atoms with Crippen LogP contribution in [-0.2, 0) is 6.54 Å². The number of rotatable bonds is 3. The summed E-state index contributed by atoms with van der Waals surface area (Å²) in [4.78, 5) is 7.03. The fraction of sp³-hybridized carbons (Fsp3) is 0.182. The molecule has 0 unspecified atom stereocenters. The molecule has 17 heavy (non-hydrogen) atoms. The molecule has 0 fully saturated rings. The fourth-order valence-corrected chi connectivity index (χ4v) is 3.24. The van der Waals surface area contributed by atoms with Gasteiger partial charge >= 0.3 is 0 Å². The standard InChI is InChI=1S/C11H9Br2FN2S/c1-16(5-9-2-8(13)6-17-9)11-10(14)3-7(12)4-15-11/h2-4,6H,5H2,1H3. The van der Waals surface area contributed by atoms with Crippen molar-refractivity contribution in [2.75, 3.05) is 11.9 Å². The Morgan fingerprint density at radius 2 is 2.12 bits per heavy atom. The third-order valence-corrected chi connectivity index (χ3v) is 4.28. The molecule has 0 aliphatic heterocycles. The van der Waals surface area contributed by atoms with Gasteiger partial charge in [0, 0.05) is 32.4 Å². The maximum atomic E-state index is 13.7. The van der Waals surface area contributed by atoms with Gasteiger partial charge in [-0.15, -0.1) is 11.3 Å². The number of aromatic nitrogens is 1. The molecule has 0 amide bonds. The maximum absolute atomic E-state index is 13.7. The zero-order valence-electron chi connectivity index (χ0n) is 8.95. The van der Waals surface area contributed by atoms with Gasteiger partial charge < -0.3 is 4.90 Å². The largest absolute Gasteiger partial charge is 0.352 e. The van der Waals surface area contributed by atoms with Gasteiger partial charge in [-0.1, -0.05) is 0 Å². The molecule has 0 spiro atoms. The number of thiophene rings is 1. The predicted molar refractivity (Wildman–Crippen MR) is 76.0 cm³/mol. The highest BCUT2D eigenvalue weighted by molar-refractivity contribution is 9.10. The van der Waals surface area contributed by atoms with Gasteiger partial charge in [-0.25, -0.2) is 9.37 Å². The molecule has 2 heterocycles. The highest BCUT2D eigenvalue weighted by Gasteiger charge is 2.11. The van der Waals surface area contributed by atoms with Crippen LogP contribution in [0.15, 0.2) is 32.7 Å². The average molecular weight is 380 g/mol. The van der Waals surface area contributed by atoms with E-state index in [0.717, 1.165) is 9.35 Å². The SMILES string of the molecule is CN(Cc1cc(Br)cs1)c1ncc(Br)cc1F. The van der Waals surface area contributed by atoms with Crippen molar-refractivity contribution in [1.29, 1.82) is 0 Å². The van der Waals surface area contributed by atoms with E-state index in [1.165, 1.54) is 6.07 Å². The third-order valence-electron chi connectivity index (χ3n) is 2.16. The molecule has 0 bridgehead atoms. The van der Waals surface area contributed by atoms with E-state index in [1.54, 1.807) is 22.4 Å². The minimum absolute atomic E-state index is 0.322. The van der Waals surface area contributed by atoms with Gasteiger partial charge in [0.05, 0.1) is 6.54 Å². The Balaban J connectivity index is 2.17. The Morgan fingerprint density at radius 3 is 2.71 bits per heavy atom. The van der Waals surface area contributed by atoms with Crippen LogP contribution in [0.5, 0.6) is 0 Å². The summed E-state index contributed by atoms with van der Waals surface area (Å²) in [5.41, 5.74) is 0. The molecule has 0 aromatic carbocycles. The monoisotopic (exact) mass is 378 g/mol. The lowest BCUT2D eigenvalue weighted by Gasteiger charge is -2.17. The van der Waals surface area contributed by atoms with Gasteiger partial charge in [0.15, 0.2) is 11.6 Å². The molecule has 0 N–H and O–H groups in total. The molecule has 90 valence electrons. The quantitative estimate of drug-likeness (QED) is 0.783. The molecule has 2 aromatic heterocycles. The number of hydrogen-bond donors (Lipinski definition) is 0. The smallest absolute Gasteiger partial charge is 0.166 e. The number of pyridine rings is 1. The van der Waals surface area contributed by atoms with Crippen molar-refractivity contribution in [3.8, 4) is 0 Å². The first-order valence-electron chi connectivity index (χ1n) is 4.81. The van der Waals surface area contributed by atoms with Crippen LogP contribution in [0.1, 0.15) is 4.88 Å². The first-order chi connectivity index (χ1) is 8.06. The molecule has 0 saturated carbocycles. The maximum Gasteiger partial charge on any atom is 0.166 e. The molecule has 0 aliphatic carbocycles. The summed E-state index contributed by atoms with van der Waals surface area (Å²) >= 11 is 8.22. The van der Waals surface area contributed by atoms with E-state index >= 15 is 0 Å². The Kier molecular flexibility index (Phi) is 4.17. The summed E-state index contributed by atoms with van der Waals surface area (Å²) in [5.74, 6) is 0.0372. The Labute approximate surface area is 120 Å². The van der Waals surface area contributed by atoms with Gasteiger partial charge in [-0.3, -0.25) is 0 Å². The van der Waals surface area contributed by atoms with Crippen molar-refractivity contribution < 1.29 is 4.39 Å². The van der Waals surface area contributed by atoms with Crippen LogP contribution >= 0.6 is 43.2 Å². The number of hydrogen-bond acceptors (Lipinski definition) is 3. The normalized spacial score (nSPS) is 10.6. The lowest BCUT2D eigenvalue weighted by atomic mass is 10.4. The van der Waals surface area contributed by atoms with Crippen molar-refractivity contribution in [2.24, 2.45) is 0 Å². The molecule has 6 heteroatoms. The Hall–Kier alpha value is -0.460. The Bertz CT molecular complexity index is 530. The molecule has 2 aromatic rings. The topological polar surface area (TPSA) is 16.1 Å². The second-order valence-corrected chi connectivity index (χ2v) is 6.37. The molecule has 0 radical (unpaired) electrons. The number of halogens is 3. The zero-order chi connectivity index (χ0) is 12.4. The predicted octanol–water partition coefficient (Wildman–Crippen LogP) is 4.44. The van der Waals surface area contributed by atoms with E-state index in [9.17, 15) is 4.39 Å². The van der Waals surface area contributed by atoms with Crippen molar-refractivity contribution in [3.05, 3.63) is 43.3 Å². The van der Waals surface area contributed by atoms with E-state index in [1.807, 2.05) is 18.5 Å². The number of nitrogens with zero attached hydrogens (tertiary/aromatic N) is 2. The molecule has 0 aliphatic rings. The first-order valence-corrected chi connectivity index (χ1v) is 7.28. The molecular weight excluding hydrogens is 371 g/mol. The van der Waals surface area contributed by atoms with Crippen LogP contribution in [0.3, 0.4) is 0 Å². The molecular formula is C11H9Br2FN2S. The fourth-order valence-electron chi connectivity index (χ4n) is 1.43. The van der Waals surface area contributed by atoms with Crippen LogP contribution in [0, 0.1) is 5.82 Å². The van der Waals surface area contributed by atoms with Crippen LogP contribution in [0.2, 0.25) is 0 Å².